The molecule has 2 rings (SSSR count). The smallest absolute Gasteiger partial charge is 0.0862 e. The molecule has 2 nitrogen and oxygen atoms in total. The second kappa shape index (κ2) is 2.25. The van der Waals surface area contributed by atoms with Crippen molar-refractivity contribution in [2.45, 2.75) is 13.0 Å². The van der Waals surface area contributed by atoms with Gasteiger partial charge in [-0.05, 0) is 18.1 Å². The Hall–Kier alpha value is -0.540. The van der Waals surface area contributed by atoms with E-state index in [1.165, 1.54) is 10.4 Å². The van der Waals surface area contributed by atoms with Crippen LogP contribution < -0.4 is 11.1 Å². The van der Waals surface area contributed by atoms with Crippen LogP contribution >= 0.6 is 11.3 Å². The molecule has 0 bridgehead atoms. The van der Waals surface area contributed by atoms with Gasteiger partial charge in [0.15, 0.2) is 0 Å². The summed E-state index contributed by atoms with van der Waals surface area (Å²) in [6.45, 7) is 2.11. The van der Waals surface area contributed by atoms with Crippen LogP contribution in [0.4, 0.5) is 5.00 Å². The molecule has 1 aromatic heterocycles. The van der Waals surface area contributed by atoms with Crippen LogP contribution in [0.3, 0.4) is 0 Å². The molecule has 0 saturated carbocycles. The van der Waals surface area contributed by atoms with Gasteiger partial charge in [-0.15, -0.1) is 11.3 Å². The van der Waals surface area contributed by atoms with Crippen molar-refractivity contribution in [2.75, 3.05) is 12.3 Å². The zero-order valence-electron chi connectivity index (χ0n) is 5.68. The van der Waals surface area contributed by atoms with Gasteiger partial charge >= 0.3 is 0 Å². The van der Waals surface area contributed by atoms with E-state index in [-0.39, 0.29) is 0 Å². The largest absolute Gasteiger partial charge is 0.391 e. The SMILES string of the molecule is Nc1cc2c(s1)CCNC2. The summed E-state index contributed by atoms with van der Waals surface area (Å²) in [5, 5.41) is 4.26. The van der Waals surface area contributed by atoms with Crippen LogP contribution in [-0.2, 0) is 13.0 Å². The highest BCUT2D eigenvalue weighted by atomic mass is 32.1. The summed E-state index contributed by atoms with van der Waals surface area (Å²) in [6.07, 6.45) is 1.15. The molecule has 1 aliphatic heterocycles. The Labute approximate surface area is 64.1 Å². The molecule has 2 heterocycles. The van der Waals surface area contributed by atoms with Crippen LogP contribution in [-0.4, -0.2) is 6.54 Å². The van der Waals surface area contributed by atoms with Gasteiger partial charge < -0.3 is 11.1 Å². The first-order chi connectivity index (χ1) is 4.86. The lowest BCUT2D eigenvalue weighted by atomic mass is 10.1. The van der Waals surface area contributed by atoms with E-state index in [4.69, 9.17) is 5.73 Å². The average molecular weight is 154 g/mol. The van der Waals surface area contributed by atoms with E-state index < -0.39 is 0 Å². The monoisotopic (exact) mass is 154 g/mol. The van der Waals surface area contributed by atoms with Gasteiger partial charge in [0.05, 0.1) is 5.00 Å². The van der Waals surface area contributed by atoms with Crippen molar-refractivity contribution in [3.8, 4) is 0 Å². The van der Waals surface area contributed by atoms with Crippen molar-refractivity contribution < 1.29 is 0 Å². The van der Waals surface area contributed by atoms with E-state index in [2.05, 4.69) is 11.4 Å². The van der Waals surface area contributed by atoms with Crippen LogP contribution in [0, 0.1) is 0 Å². The fourth-order valence-electron chi connectivity index (χ4n) is 1.28. The van der Waals surface area contributed by atoms with Crippen molar-refractivity contribution in [2.24, 2.45) is 0 Å². The molecule has 54 valence electrons. The third-order valence-electron chi connectivity index (χ3n) is 1.76. The molecular weight excluding hydrogens is 144 g/mol. The van der Waals surface area contributed by atoms with Crippen LogP contribution in [0.1, 0.15) is 10.4 Å². The number of nitrogens with one attached hydrogen (secondary N) is 1. The summed E-state index contributed by atoms with van der Waals surface area (Å²) in [6, 6.07) is 2.08. The number of thiophene rings is 1. The van der Waals surface area contributed by atoms with Gasteiger partial charge in [-0.2, -0.15) is 0 Å². The lowest BCUT2D eigenvalue weighted by molar-refractivity contribution is 0.653. The van der Waals surface area contributed by atoms with E-state index in [1.807, 2.05) is 0 Å². The van der Waals surface area contributed by atoms with Crippen molar-refractivity contribution in [3.05, 3.63) is 16.5 Å². The number of hydrogen-bond donors (Lipinski definition) is 2. The summed E-state index contributed by atoms with van der Waals surface area (Å²) in [5.41, 5.74) is 7.05. The third kappa shape index (κ3) is 0.914. The Kier molecular flexibility index (Phi) is 1.39. The van der Waals surface area contributed by atoms with Gasteiger partial charge in [-0.1, -0.05) is 0 Å². The number of anilines is 1. The quantitative estimate of drug-likeness (QED) is 0.584. The predicted molar refractivity (Wildman–Crippen MR) is 44.1 cm³/mol. The molecule has 0 aliphatic carbocycles. The zero-order chi connectivity index (χ0) is 6.97. The molecule has 1 aromatic rings. The van der Waals surface area contributed by atoms with Crippen LogP contribution in [0.5, 0.6) is 0 Å². The number of hydrogen-bond acceptors (Lipinski definition) is 3. The minimum atomic E-state index is 0.953. The molecule has 0 saturated heterocycles. The standard InChI is InChI=1S/C7H10N2S/c8-7-3-5-4-9-2-1-6(5)10-7/h3,9H,1-2,4,8H2. The molecule has 0 fully saturated rings. The Bertz CT molecular complexity index is 218. The minimum Gasteiger partial charge on any atom is -0.391 e. The van der Waals surface area contributed by atoms with Gasteiger partial charge in [-0.25, -0.2) is 0 Å². The Morgan fingerprint density at radius 1 is 1.60 bits per heavy atom. The van der Waals surface area contributed by atoms with E-state index in [0.717, 1.165) is 24.5 Å². The summed E-state index contributed by atoms with van der Waals surface area (Å²) >= 11 is 1.73. The Balaban J connectivity index is 2.41. The van der Waals surface area contributed by atoms with Crippen LogP contribution in [0.25, 0.3) is 0 Å². The van der Waals surface area contributed by atoms with E-state index in [1.54, 1.807) is 11.3 Å². The summed E-state index contributed by atoms with van der Waals surface area (Å²) in [5.74, 6) is 0. The molecule has 0 radical (unpaired) electrons. The van der Waals surface area contributed by atoms with Crippen molar-refractivity contribution in [3.63, 3.8) is 0 Å². The summed E-state index contributed by atoms with van der Waals surface area (Å²) in [7, 11) is 0. The highest BCUT2D eigenvalue weighted by Gasteiger charge is 2.10. The molecule has 0 aromatic carbocycles. The number of fused-ring (bicyclic) bond motifs is 1. The first-order valence-corrected chi connectivity index (χ1v) is 4.25. The fraction of sp³-hybridized carbons (Fsp3) is 0.429. The third-order valence-corrected chi connectivity index (χ3v) is 2.83. The molecule has 3 N–H and O–H groups in total. The number of rotatable bonds is 0. The minimum absolute atomic E-state index is 0.953. The second-order valence-electron chi connectivity index (χ2n) is 2.52. The lowest BCUT2D eigenvalue weighted by Crippen LogP contribution is -2.21. The lowest BCUT2D eigenvalue weighted by Gasteiger charge is -2.10. The topological polar surface area (TPSA) is 38.0 Å². The summed E-state index contributed by atoms with van der Waals surface area (Å²) < 4.78 is 0. The zero-order valence-corrected chi connectivity index (χ0v) is 6.50. The van der Waals surface area contributed by atoms with Crippen LogP contribution in [0.2, 0.25) is 0 Å². The van der Waals surface area contributed by atoms with Crippen molar-refractivity contribution in [1.82, 2.24) is 5.32 Å². The molecule has 0 unspecified atom stereocenters. The maximum atomic E-state index is 5.65. The van der Waals surface area contributed by atoms with E-state index in [9.17, 15) is 0 Å². The summed E-state index contributed by atoms with van der Waals surface area (Å²) in [4.78, 5) is 1.47. The highest BCUT2D eigenvalue weighted by Crippen LogP contribution is 2.26. The predicted octanol–water partition coefficient (Wildman–Crippen LogP) is 0.976. The maximum Gasteiger partial charge on any atom is 0.0862 e. The van der Waals surface area contributed by atoms with Gasteiger partial charge in [-0.3, -0.25) is 0 Å². The fourth-order valence-corrected chi connectivity index (χ4v) is 2.23. The maximum absolute atomic E-state index is 5.65. The van der Waals surface area contributed by atoms with Gasteiger partial charge in [0.1, 0.15) is 0 Å². The van der Waals surface area contributed by atoms with Gasteiger partial charge in [0.25, 0.3) is 0 Å². The Morgan fingerprint density at radius 3 is 3.30 bits per heavy atom. The molecular formula is C7H10N2S. The van der Waals surface area contributed by atoms with Crippen LogP contribution in [0.15, 0.2) is 6.07 Å². The van der Waals surface area contributed by atoms with E-state index >= 15 is 0 Å². The second-order valence-corrected chi connectivity index (χ2v) is 3.69. The molecule has 10 heavy (non-hydrogen) atoms. The Morgan fingerprint density at radius 2 is 2.50 bits per heavy atom. The normalized spacial score (nSPS) is 16.8. The van der Waals surface area contributed by atoms with Gasteiger partial charge in [0.2, 0.25) is 0 Å². The van der Waals surface area contributed by atoms with E-state index in [0.29, 0.717) is 0 Å². The van der Waals surface area contributed by atoms with Crippen molar-refractivity contribution in [1.29, 1.82) is 0 Å². The van der Waals surface area contributed by atoms with Gasteiger partial charge in [0, 0.05) is 18.0 Å². The number of nitrogen functional groups attached to an aromatic ring is 1. The number of nitrogens with two attached hydrogens (primary N) is 1. The molecule has 1 aliphatic rings. The first-order valence-electron chi connectivity index (χ1n) is 3.44. The molecule has 3 heteroatoms. The first kappa shape index (κ1) is 6.19. The highest BCUT2D eigenvalue weighted by molar-refractivity contribution is 7.16. The molecule has 0 amide bonds. The van der Waals surface area contributed by atoms with Crippen molar-refractivity contribution >= 4 is 16.3 Å². The molecule has 0 atom stereocenters. The molecule has 0 spiro atoms. The average Bonchev–Trinajstić information content (AvgIpc) is 2.27.